The first-order valence-electron chi connectivity index (χ1n) is 8.16. The van der Waals surface area contributed by atoms with Gasteiger partial charge in [0.1, 0.15) is 0 Å². The molecule has 0 radical (unpaired) electrons. The van der Waals surface area contributed by atoms with Crippen LogP contribution >= 0.6 is 23.2 Å². The van der Waals surface area contributed by atoms with Crippen LogP contribution in [-0.4, -0.2) is 20.9 Å². The molecular weight excluding hydrogens is 395 g/mol. The summed E-state index contributed by atoms with van der Waals surface area (Å²) < 4.78 is 26.6. The molecule has 5 nitrogen and oxygen atoms in total. The Morgan fingerprint density at radius 3 is 2.42 bits per heavy atom. The summed E-state index contributed by atoms with van der Waals surface area (Å²) in [5, 5.41) is 3.39. The Morgan fingerprint density at radius 1 is 1.08 bits per heavy atom. The predicted molar refractivity (Wildman–Crippen MR) is 105 cm³/mol. The molecule has 2 aromatic carbocycles. The quantitative estimate of drug-likeness (QED) is 0.677. The number of carbonyl (C=O) groups is 1. The number of aryl methyl sites for hydroxylation is 1. The molecule has 2 aromatic rings. The largest absolute Gasteiger partial charge is 0.325 e. The lowest BCUT2D eigenvalue weighted by Gasteiger charge is -2.09. The molecule has 0 aliphatic carbocycles. The SMILES string of the molecule is CCCNS(=O)(=O)c1ccc(CCC(=O)Nc2cccc(Cl)c2Cl)cc1. The van der Waals surface area contributed by atoms with Gasteiger partial charge in [-0.1, -0.05) is 48.3 Å². The molecule has 0 aromatic heterocycles. The van der Waals surface area contributed by atoms with Gasteiger partial charge in [-0.05, 0) is 42.7 Å². The zero-order chi connectivity index (χ0) is 19.2. The summed E-state index contributed by atoms with van der Waals surface area (Å²) in [4.78, 5) is 12.3. The van der Waals surface area contributed by atoms with Gasteiger partial charge >= 0.3 is 0 Å². The van der Waals surface area contributed by atoms with Gasteiger partial charge in [0.25, 0.3) is 0 Å². The number of anilines is 1. The molecule has 0 unspecified atom stereocenters. The Labute approximate surface area is 163 Å². The average molecular weight is 415 g/mol. The van der Waals surface area contributed by atoms with Crippen molar-refractivity contribution in [2.24, 2.45) is 0 Å². The molecule has 0 saturated heterocycles. The van der Waals surface area contributed by atoms with Crippen LogP contribution in [0.15, 0.2) is 47.4 Å². The van der Waals surface area contributed by atoms with Crippen LogP contribution in [0.4, 0.5) is 5.69 Å². The Kier molecular flexibility index (Phi) is 7.46. The van der Waals surface area contributed by atoms with E-state index >= 15 is 0 Å². The summed E-state index contributed by atoms with van der Waals surface area (Å²) in [6.45, 7) is 2.30. The first-order valence-corrected chi connectivity index (χ1v) is 10.4. The number of carbonyl (C=O) groups excluding carboxylic acids is 1. The molecular formula is C18H20Cl2N2O3S. The Bertz CT molecular complexity index is 869. The highest BCUT2D eigenvalue weighted by Crippen LogP contribution is 2.29. The van der Waals surface area contributed by atoms with Crippen molar-refractivity contribution in [1.82, 2.24) is 4.72 Å². The molecule has 1 amide bonds. The molecule has 2 N–H and O–H groups in total. The van der Waals surface area contributed by atoms with Crippen molar-refractivity contribution in [3.63, 3.8) is 0 Å². The van der Waals surface area contributed by atoms with E-state index in [1.165, 1.54) is 0 Å². The van der Waals surface area contributed by atoms with Crippen LogP contribution < -0.4 is 10.0 Å². The van der Waals surface area contributed by atoms with Crippen molar-refractivity contribution in [1.29, 1.82) is 0 Å². The number of hydrogen-bond acceptors (Lipinski definition) is 3. The van der Waals surface area contributed by atoms with E-state index in [9.17, 15) is 13.2 Å². The number of nitrogens with one attached hydrogen (secondary N) is 2. The van der Waals surface area contributed by atoms with Crippen LogP contribution in [-0.2, 0) is 21.2 Å². The molecule has 0 fully saturated rings. The fourth-order valence-corrected chi connectivity index (χ4v) is 3.71. The number of hydrogen-bond donors (Lipinski definition) is 2. The summed E-state index contributed by atoms with van der Waals surface area (Å²) >= 11 is 12.0. The number of halogens is 2. The lowest BCUT2D eigenvalue weighted by Crippen LogP contribution is -2.24. The molecule has 0 spiro atoms. The fourth-order valence-electron chi connectivity index (χ4n) is 2.23. The van der Waals surface area contributed by atoms with E-state index in [1.54, 1.807) is 42.5 Å². The molecule has 8 heteroatoms. The normalized spacial score (nSPS) is 11.3. The molecule has 140 valence electrons. The second-order valence-corrected chi connectivity index (χ2v) is 8.24. The number of rotatable bonds is 8. The zero-order valence-electron chi connectivity index (χ0n) is 14.3. The van der Waals surface area contributed by atoms with Crippen LogP contribution in [0.5, 0.6) is 0 Å². The minimum Gasteiger partial charge on any atom is -0.325 e. The molecule has 0 bridgehead atoms. The Balaban J connectivity index is 1.93. The minimum atomic E-state index is -3.48. The summed E-state index contributed by atoms with van der Waals surface area (Å²) in [6, 6.07) is 11.5. The van der Waals surface area contributed by atoms with E-state index in [0.717, 1.165) is 12.0 Å². The van der Waals surface area contributed by atoms with E-state index in [2.05, 4.69) is 10.0 Å². The molecule has 0 atom stereocenters. The summed E-state index contributed by atoms with van der Waals surface area (Å²) in [6.07, 6.45) is 1.44. The highest BCUT2D eigenvalue weighted by atomic mass is 35.5. The van der Waals surface area contributed by atoms with E-state index in [4.69, 9.17) is 23.2 Å². The first kappa shape index (κ1) is 20.7. The van der Waals surface area contributed by atoms with E-state index in [1.807, 2.05) is 6.92 Å². The standard InChI is InChI=1S/C18H20Cl2N2O3S/c1-2-12-21-26(24,25)14-9-6-13(7-10-14)8-11-17(23)22-16-5-3-4-15(19)18(16)20/h3-7,9-10,21H,2,8,11-12H2,1H3,(H,22,23). The smallest absolute Gasteiger partial charge is 0.240 e. The van der Waals surface area contributed by atoms with Crippen molar-refractivity contribution in [2.45, 2.75) is 31.1 Å². The second kappa shape index (κ2) is 9.37. The lowest BCUT2D eigenvalue weighted by molar-refractivity contribution is -0.116. The van der Waals surface area contributed by atoms with Gasteiger partial charge in [0.05, 0.1) is 20.6 Å². The van der Waals surface area contributed by atoms with Crippen molar-refractivity contribution >= 4 is 44.8 Å². The van der Waals surface area contributed by atoms with Gasteiger partial charge < -0.3 is 5.32 Å². The molecule has 0 aliphatic heterocycles. The molecule has 0 aliphatic rings. The monoisotopic (exact) mass is 414 g/mol. The molecule has 0 heterocycles. The number of benzene rings is 2. The molecule has 0 saturated carbocycles. The maximum atomic E-state index is 12.1. The van der Waals surface area contributed by atoms with Crippen LogP contribution in [0.25, 0.3) is 0 Å². The van der Waals surface area contributed by atoms with Crippen molar-refractivity contribution in [3.8, 4) is 0 Å². The highest BCUT2D eigenvalue weighted by molar-refractivity contribution is 7.89. The summed E-state index contributed by atoms with van der Waals surface area (Å²) in [5.41, 5.74) is 1.33. The predicted octanol–water partition coefficient (Wildman–Crippen LogP) is 4.25. The van der Waals surface area contributed by atoms with Gasteiger partial charge in [-0.3, -0.25) is 4.79 Å². The number of sulfonamides is 1. The maximum absolute atomic E-state index is 12.1. The highest BCUT2D eigenvalue weighted by Gasteiger charge is 2.13. The third-order valence-corrected chi connectivity index (χ3v) is 5.94. The van der Waals surface area contributed by atoms with Crippen LogP contribution in [0.3, 0.4) is 0 Å². The molecule has 2 rings (SSSR count). The van der Waals surface area contributed by atoms with E-state index in [-0.39, 0.29) is 17.2 Å². The minimum absolute atomic E-state index is 0.199. The second-order valence-electron chi connectivity index (χ2n) is 5.69. The van der Waals surface area contributed by atoms with Gasteiger partial charge in [-0.2, -0.15) is 0 Å². The van der Waals surface area contributed by atoms with Crippen LogP contribution in [0.1, 0.15) is 25.3 Å². The topological polar surface area (TPSA) is 75.3 Å². The van der Waals surface area contributed by atoms with Gasteiger partial charge in [-0.25, -0.2) is 13.1 Å². The van der Waals surface area contributed by atoms with Crippen molar-refractivity contribution < 1.29 is 13.2 Å². The zero-order valence-corrected chi connectivity index (χ0v) is 16.6. The summed E-state index contributed by atoms with van der Waals surface area (Å²) in [5.74, 6) is -0.199. The van der Waals surface area contributed by atoms with Crippen molar-refractivity contribution in [2.75, 3.05) is 11.9 Å². The lowest BCUT2D eigenvalue weighted by atomic mass is 10.1. The number of amides is 1. The van der Waals surface area contributed by atoms with Gasteiger partial charge in [0, 0.05) is 13.0 Å². The van der Waals surface area contributed by atoms with Crippen LogP contribution in [0, 0.1) is 0 Å². The maximum Gasteiger partial charge on any atom is 0.240 e. The van der Waals surface area contributed by atoms with E-state index in [0.29, 0.717) is 28.7 Å². The third kappa shape index (κ3) is 5.71. The van der Waals surface area contributed by atoms with Gasteiger partial charge in [0.2, 0.25) is 15.9 Å². The van der Waals surface area contributed by atoms with Crippen molar-refractivity contribution in [3.05, 3.63) is 58.1 Å². The fraction of sp³-hybridized carbons (Fsp3) is 0.278. The first-order chi connectivity index (χ1) is 12.3. The van der Waals surface area contributed by atoms with E-state index < -0.39 is 10.0 Å². The third-order valence-electron chi connectivity index (χ3n) is 3.64. The van der Waals surface area contributed by atoms with Gasteiger partial charge in [0.15, 0.2) is 0 Å². The summed E-state index contributed by atoms with van der Waals surface area (Å²) in [7, 11) is -3.48. The Hall–Kier alpha value is -1.60. The van der Waals surface area contributed by atoms with Crippen LogP contribution in [0.2, 0.25) is 10.0 Å². The van der Waals surface area contributed by atoms with Gasteiger partial charge in [-0.15, -0.1) is 0 Å². The Morgan fingerprint density at radius 2 is 1.77 bits per heavy atom. The molecule has 26 heavy (non-hydrogen) atoms. The average Bonchev–Trinajstić information content (AvgIpc) is 2.62.